The highest BCUT2D eigenvalue weighted by atomic mass is 16.2. The monoisotopic (exact) mass is 314 g/mol. The highest BCUT2D eigenvalue weighted by Crippen LogP contribution is 2.21. The van der Waals surface area contributed by atoms with Crippen LogP contribution in [0.1, 0.15) is 50.2 Å². The molecular formula is C20H30N2O. The Balaban J connectivity index is 1.52. The Labute approximate surface area is 140 Å². The van der Waals surface area contributed by atoms with Gasteiger partial charge in [0.05, 0.1) is 6.42 Å². The number of carbonyl (C=O) groups is 1. The van der Waals surface area contributed by atoms with Gasteiger partial charge in [-0.05, 0) is 56.3 Å². The lowest BCUT2D eigenvalue weighted by Crippen LogP contribution is -2.48. The van der Waals surface area contributed by atoms with Crippen molar-refractivity contribution in [1.29, 1.82) is 0 Å². The highest BCUT2D eigenvalue weighted by molar-refractivity contribution is 5.79. The molecule has 0 bridgehead atoms. The predicted octanol–water partition coefficient (Wildman–Crippen LogP) is 3.27. The lowest BCUT2D eigenvalue weighted by Gasteiger charge is -2.40. The molecule has 1 aromatic carbocycles. The van der Waals surface area contributed by atoms with E-state index < -0.39 is 0 Å². The van der Waals surface area contributed by atoms with Crippen molar-refractivity contribution in [3.8, 4) is 0 Å². The van der Waals surface area contributed by atoms with Gasteiger partial charge in [0.25, 0.3) is 0 Å². The number of hydrogen-bond acceptors (Lipinski definition) is 2. The van der Waals surface area contributed by atoms with Crippen LogP contribution in [0.3, 0.4) is 0 Å². The summed E-state index contributed by atoms with van der Waals surface area (Å²) in [5.41, 5.74) is 2.52. The van der Waals surface area contributed by atoms with Crippen LogP contribution >= 0.6 is 0 Å². The third-order valence-electron chi connectivity index (χ3n) is 5.57. The molecule has 2 fully saturated rings. The topological polar surface area (TPSA) is 23.6 Å². The second kappa shape index (κ2) is 7.96. The minimum absolute atomic E-state index is 0.308. The molecule has 0 radical (unpaired) electrons. The fourth-order valence-corrected chi connectivity index (χ4v) is 4.11. The van der Waals surface area contributed by atoms with Crippen molar-refractivity contribution in [2.24, 2.45) is 0 Å². The number of hydrogen-bond donors (Lipinski definition) is 0. The van der Waals surface area contributed by atoms with Crippen molar-refractivity contribution in [2.45, 2.75) is 57.9 Å². The summed E-state index contributed by atoms with van der Waals surface area (Å²) in [6.45, 7) is 6.57. The van der Waals surface area contributed by atoms with Gasteiger partial charge in [-0.2, -0.15) is 0 Å². The molecule has 0 saturated carbocycles. The van der Waals surface area contributed by atoms with Gasteiger partial charge >= 0.3 is 0 Å². The average molecular weight is 314 g/mol. The summed E-state index contributed by atoms with van der Waals surface area (Å²) in [5.74, 6) is 0.308. The SMILES string of the molecule is CCc1ccccc1CC(=O)N1CCC(N2CCCCC2)CC1. The average Bonchev–Trinajstić information content (AvgIpc) is 2.63. The lowest BCUT2D eigenvalue weighted by atomic mass is 9.98. The zero-order valence-electron chi connectivity index (χ0n) is 14.5. The van der Waals surface area contributed by atoms with E-state index in [1.165, 1.54) is 43.5 Å². The molecule has 1 amide bonds. The number of amides is 1. The summed E-state index contributed by atoms with van der Waals surface area (Å²) in [5, 5.41) is 0. The summed E-state index contributed by atoms with van der Waals surface area (Å²) < 4.78 is 0. The van der Waals surface area contributed by atoms with E-state index in [4.69, 9.17) is 0 Å². The number of rotatable bonds is 4. The Morgan fingerprint density at radius 3 is 2.30 bits per heavy atom. The molecular weight excluding hydrogens is 284 g/mol. The van der Waals surface area contributed by atoms with E-state index in [-0.39, 0.29) is 0 Å². The first-order valence-corrected chi connectivity index (χ1v) is 9.36. The quantitative estimate of drug-likeness (QED) is 0.851. The molecule has 0 N–H and O–H groups in total. The van der Waals surface area contributed by atoms with E-state index in [0.717, 1.165) is 32.4 Å². The van der Waals surface area contributed by atoms with Gasteiger partial charge < -0.3 is 9.80 Å². The Kier molecular flexibility index (Phi) is 5.71. The number of likely N-dealkylation sites (tertiary alicyclic amines) is 2. The van der Waals surface area contributed by atoms with E-state index in [0.29, 0.717) is 18.4 Å². The second-order valence-electron chi connectivity index (χ2n) is 7.01. The van der Waals surface area contributed by atoms with Gasteiger partial charge in [-0.3, -0.25) is 4.79 Å². The van der Waals surface area contributed by atoms with E-state index in [1.54, 1.807) is 0 Å². The van der Waals surface area contributed by atoms with Crippen molar-refractivity contribution >= 4 is 5.91 Å². The molecule has 0 unspecified atom stereocenters. The summed E-state index contributed by atoms with van der Waals surface area (Å²) >= 11 is 0. The molecule has 1 aromatic rings. The fraction of sp³-hybridized carbons (Fsp3) is 0.650. The van der Waals surface area contributed by atoms with Crippen LogP contribution in [0.25, 0.3) is 0 Å². The number of carbonyl (C=O) groups excluding carboxylic acids is 1. The largest absolute Gasteiger partial charge is 0.342 e. The molecule has 0 spiro atoms. The first kappa shape index (κ1) is 16.5. The van der Waals surface area contributed by atoms with Crippen LogP contribution < -0.4 is 0 Å². The van der Waals surface area contributed by atoms with Gasteiger partial charge in [0.2, 0.25) is 5.91 Å². The van der Waals surface area contributed by atoms with Crippen molar-refractivity contribution in [3.05, 3.63) is 35.4 Å². The van der Waals surface area contributed by atoms with E-state index >= 15 is 0 Å². The Hall–Kier alpha value is -1.35. The molecule has 23 heavy (non-hydrogen) atoms. The Morgan fingerprint density at radius 2 is 1.65 bits per heavy atom. The minimum atomic E-state index is 0.308. The first-order valence-electron chi connectivity index (χ1n) is 9.36. The normalized spacial score (nSPS) is 20.7. The molecule has 0 atom stereocenters. The van der Waals surface area contributed by atoms with E-state index in [2.05, 4.69) is 34.9 Å². The van der Waals surface area contributed by atoms with Gasteiger partial charge in [-0.1, -0.05) is 37.6 Å². The van der Waals surface area contributed by atoms with E-state index in [1.807, 2.05) is 6.07 Å². The lowest BCUT2D eigenvalue weighted by molar-refractivity contribution is -0.132. The molecule has 2 aliphatic heterocycles. The molecule has 3 rings (SSSR count). The summed E-state index contributed by atoms with van der Waals surface area (Å²) in [6, 6.07) is 9.08. The summed E-state index contributed by atoms with van der Waals surface area (Å²) in [6.07, 6.45) is 7.98. The standard InChI is InChI=1S/C20H30N2O/c1-2-17-8-4-5-9-18(17)16-20(23)22-14-10-19(11-15-22)21-12-6-3-7-13-21/h4-5,8-9,19H,2-3,6-7,10-16H2,1H3. The van der Waals surface area contributed by atoms with Gasteiger partial charge in [0.1, 0.15) is 0 Å². The van der Waals surface area contributed by atoms with Crippen LogP contribution in [-0.4, -0.2) is 47.9 Å². The maximum atomic E-state index is 12.6. The molecule has 2 aliphatic rings. The van der Waals surface area contributed by atoms with Crippen molar-refractivity contribution in [2.75, 3.05) is 26.2 Å². The zero-order valence-corrected chi connectivity index (χ0v) is 14.5. The van der Waals surface area contributed by atoms with Gasteiger partial charge in [-0.25, -0.2) is 0 Å². The van der Waals surface area contributed by atoms with Gasteiger partial charge in [-0.15, -0.1) is 0 Å². The van der Waals surface area contributed by atoms with Crippen LogP contribution in [0.15, 0.2) is 24.3 Å². The highest BCUT2D eigenvalue weighted by Gasteiger charge is 2.27. The van der Waals surface area contributed by atoms with E-state index in [9.17, 15) is 4.79 Å². The number of benzene rings is 1. The molecule has 0 aliphatic carbocycles. The Morgan fingerprint density at radius 1 is 1.00 bits per heavy atom. The van der Waals surface area contributed by atoms with Crippen LogP contribution in [0.2, 0.25) is 0 Å². The fourth-order valence-electron chi connectivity index (χ4n) is 4.11. The minimum Gasteiger partial charge on any atom is -0.342 e. The zero-order chi connectivity index (χ0) is 16.1. The Bertz CT molecular complexity index is 514. The second-order valence-corrected chi connectivity index (χ2v) is 7.01. The molecule has 3 heteroatoms. The first-order chi connectivity index (χ1) is 11.3. The summed E-state index contributed by atoms with van der Waals surface area (Å²) in [7, 11) is 0. The van der Waals surface area contributed by atoms with Crippen LogP contribution in [0.5, 0.6) is 0 Å². The molecule has 126 valence electrons. The van der Waals surface area contributed by atoms with Crippen molar-refractivity contribution in [1.82, 2.24) is 9.80 Å². The summed E-state index contributed by atoms with van der Waals surface area (Å²) in [4.78, 5) is 17.4. The maximum absolute atomic E-state index is 12.6. The van der Waals surface area contributed by atoms with Crippen molar-refractivity contribution < 1.29 is 4.79 Å². The van der Waals surface area contributed by atoms with Crippen LogP contribution in [0, 0.1) is 0 Å². The third-order valence-corrected chi connectivity index (χ3v) is 5.57. The maximum Gasteiger partial charge on any atom is 0.227 e. The van der Waals surface area contributed by atoms with Gasteiger partial charge in [0.15, 0.2) is 0 Å². The molecule has 3 nitrogen and oxygen atoms in total. The number of piperidine rings is 2. The van der Waals surface area contributed by atoms with Crippen molar-refractivity contribution in [3.63, 3.8) is 0 Å². The van der Waals surface area contributed by atoms with Gasteiger partial charge in [0, 0.05) is 19.1 Å². The molecule has 2 heterocycles. The molecule has 2 saturated heterocycles. The predicted molar refractivity (Wildman–Crippen MR) is 94.6 cm³/mol. The third kappa shape index (κ3) is 4.14. The van der Waals surface area contributed by atoms with Crippen LogP contribution in [0.4, 0.5) is 0 Å². The molecule has 0 aromatic heterocycles. The number of nitrogens with zero attached hydrogens (tertiary/aromatic N) is 2. The van der Waals surface area contributed by atoms with Crippen LogP contribution in [-0.2, 0) is 17.6 Å². The number of aryl methyl sites for hydroxylation is 1. The smallest absolute Gasteiger partial charge is 0.227 e.